The van der Waals surface area contributed by atoms with E-state index in [0.717, 1.165) is 50.0 Å². The lowest BCUT2D eigenvalue weighted by atomic mass is 9.88. The van der Waals surface area contributed by atoms with Crippen LogP contribution in [0, 0.1) is 23.7 Å². The Labute approximate surface area is 206 Å². The molecule has 1 N–H and O–H groups in total. The predicted molar refractivity (Wildman–Crippen MR) is 137 cm³/mol. The highest BCUT2D eigenvalue weighted by atomic mass is 32.2. The second-order valence-corrected chi connectivity index (χ2v) is 15.7. The van der Waals surface area contributed by atoms with Crippen molar-refractivity contribution in [2.75, 3.05) is 6.54 Å². The Hall–Kier alpha value is -0.460. The van der Waals surface area contributed by atoms with E-state index < -0.39 is 17.0 Å². The molecule has 2 saturated carbocycles. The maximum atomic E-state index is 12.9. The number of rotatable bonds is 10. The summed E-state index contributed by atoms with van der Waals surface area (Å²) in [5.41, 5.74) is -0.663. The molecule has 0 aromatic carbocycles. The SMILES string of the molecule is CC(C)(C)OC(=O)N1C[C@@H](CCC(CCC(C2CC2)C2CC2)N[S+]([O-])C(C)(C)C)CC1(C)C. The van der Waals surface area contributed by atoms with E-state index in [4.69, 9.17) is 4.74 Å². The summed E-state index contributed by atoms with van der Waals surface area (Å²) < 4.78 is 21.8. The summed E-state index contributed by atoms with van der Waals surface area (Å²) in [5.74, 6) is 3.28. The molecule has 3 fully saturated rings. The van der Waals surface area contributed by atoms with Crippen LogP contribution in [0.2, 0.25) is 0 Å². The van der Waals surface area contributed by atoms with E-state index in [1.807, 2.05) is 46.4 Å². The van der Waals surface area contributed by atoms with Gasteiger partial charge in [-0.2, -0.15) is 0 Å². The average Bonchev–Trinajstić information content (AvgIpc) is 3.55. The summed E-state index contributed by atoms with van der Waals surface area (Å²) in [6.45, 7) is 17.0. The predicted octanol–water partition coefficient (Wildman–Crippen LogP) is 6.44. The third-order valence-electron chi connectivity index (χ3n) is 7.63. The summed E-state index contributed by atoms with van der Waals surface area (Å²) in [6.07, 6.45) is 10.9. The number of amides is 1. The van der Waals surface area contributed by atoms with Crippen molar-refractivity contribution < 1.29 is 14.1 Å². The van der Waals surface area contributed by atoms with Gasteiger partial charge in [-0.3, -0.25) is 0 Å². The summed E-state index contributed by atoms with van der Waals surface area (Å²) >= 11 is -1.05. The molecule has 5 nitrogen and oxygen atoms in total. The first-order valence-corrected chi connectivity index (χ1v) is 14.5. The third-order valence-corrected chi connectivity index (χ3v) is 9.29. The molecule has 6 heteroatoms. The summed E-state index contributed by atoms with van der Waals surface area (Å²) in [7, 11) is 0. The van der Waals surface area contributed by atoms with Gasteiger partial charge in [0.25, 0.3) is 0 Å². The Balaban J connectivity index is 1.56. The van der Waals surface area contributed by atoms with Crippen LogP contribution < -0.4 is 4.72 Å². The molecule has 2 unspecified atom stereocenters. The lowest BCUT2D eigenvalue weighted by molar-refractivity contribution is 0.0131. The lowest BCUT2D eigenvalue weighted by Crippen LogP contribution is -2.45. The van der Waals surface area contributed by atoms with Crippen LogP contribution in [0.15, 0.2) is 0 Å². The van der Waals surface area contributed by atoms with E-state index in [1.165, 1.54) is 32.1 Å². The first-order chi connectivity index (χ1) is 15.2. The van der Waals surface area contributed by atoms with E-state index in [-0.39, 0.29) is 22.4 Å². The molecule has 0 aromatic heterocycles. The minimum atomic E-state index is -1.05. The molecule has 3 rings (SSSR count). The van der Waals surface area contributed by atoms with Crippen molar-refractivity contribution in [2.24, 2.45) is 23.7 Å². The van der Waals surface area contributed by atoms with Gasteiger partial charge in [-0.25, -0.2) is 4.79 Å². The fourth-order valence-corrected chi connectivity index (χ4v) is 6.44. The van der Waals surface area contributed by atoms with Crippen LogP contribution in [0.3, 0.4) is 0 Å². The van der Waals surface area contributed by atoms with Crippen molar-refractivity contribution >= 4 is 17.5 Å². The molecular formula is C27H50N2O3S. The fraction of sp³-hybridized carbons (Fsp3) is 0.963. The Bertz CT molecular complexity index is 649. The molecule has 1 aliphatic heterocycles. The van der Waals surface area contributed by atoms with E-state index in [9.17, 15) is 9.35 Å². The Morgan fingerprint density at radius 2 is 1.64 bits per heavy atom. The standard InChI is InChI=1S/C27H50N2O3S/c1-25(2,3)32-24(30)29-18-19(17-27(29,7)8)9-14-22(28-33(31)26(4,5)6)15-16-23(20-10-11-20)21-12-13-21/h19-23,28H,9-18H2,1-8H3/t19-,22?,33?/m0/s1. The largest absolute Gasteiger partial charge is 0.598 e. The van der Waals surface area contributed by atoms with Crippen molar-refractivity contribution in [3.8, 4) is 0 Å². The smallest absolute Gasteiger partial charge is 0.410 e. The molecule has 0 bridgehead atoms. The van der Waals surface area contributed by atoms with Crippen LogP contribution in [0.25, 0.3) is 0 Å². The fourth-order valence-electron chi connectivity index (χ4n) is 5.54. The highest BCUT2D eigenvalue weighted by Gasteiger charge is 2.44. The van der Waals surface area contributed by atoms with Crippen LogP contribution in [-0.4, -0.2) is 44.0 Å². The monoisotopic (exact) mass is 482 g/mol. The van der Waals surface area contributed by atoms with Crippen molar-refractivity contribution in [3.63, 3.8) is 0 Å². The Kier molecular flexibility index (Phi) is 8.44. The average molecular weight is 483 g/mol. The summed E-state index contributed by atoms with van der Waals surface area (Å²) in [5, 5.41) is 0. The van der Waals surface area contributed by atoms with Gasteiger partial charge in [-0.15, -0.1) is 4.72 Å². The third kappa shape index (κ3) is 8.31. The van der Waals surface area contributed by atoms with Crippen LogP contribution in [0.4, 0.5) is 4.79 Å². The van der Waals surface area contributed by atoms with E-state index >= 15 is 0 Å². The Morgan fingerprint density at radius 1 is 1.06 bits per heavy atom. The van der Waals surface area contributed by atoms with Crippen molar-refractivity contribution in [3.05, 3.63) is 0 Å². The highest BCUT2D eigenvalue weighted by molar-refractivity contribution is 7.90. The van der Waals surface area contributed by atoms with Crippen LogP contribution in [0.5, 0.6) is 0 Å². The number of carbonyl (C=O) groups is 1. The number of hydrogen-bond acceptors (Lipinski definition) is 4. The van der Waals surface area contributed by atoms with Crippen molar-refractivity contribution in [1.82, 2.24) is 9.62 Å². The van der Waals surface area contributed by atoms with Gasteiger partial charge in [-0.1, -0.05) is 0 Å². The minimum absolute atomic E-state index is 0.187. The zero-order valence-electron chi connectivity index (χ0n) is 22.5. The molecule has 33 heavy (non-hydrogen) atoms. The maximum absolute atomic E-state index is 12.9. The number of nitrogens with zero attached hydrogens (tertiary/aromatic N) is 1. The molecule has 0 aromatic rings. The van der Waals surface area contributed by atoms with Gasteiger partial charge in [0, 0.05) is 23.4 Å². The molecule has 0 spiro atoms. The van der Waals surface area contributed by atoms with Gasteiger partial charge in [-0.05, 0) is 137 Å². The zero-order chi connectivity index (χ0) is 24.6. The van der Waals surface area contributed by atoms with Gasteiger partial charge in [0.2, 0.25) is 0 Å². The number of hydrogen-bond donors (Lipinski definition) is 1. The van der Waals surface area contributed by atoms with Gasteiger partial charge >= 0.3 is 6.09 Å². The topological polar surface area (TPSA) is 64.6 Å². The second-order valence-electron chi connectivity index (χ2n) is 13.7. The summed E-state index contributed by atoms with van der Waals surface area (Å²) in [6, 6.07) is 0.281. The molecule has 1 saturated heterocycles. The van der Waals surface area contributed by atoms with E-state index in [1.54, 1.807) is 0 Å². The molecule has 2 aliphatic carbocycles. The van der Waals surface area contributed by atoms with E-state index in [2.05, 4.69) is 18.6 Å². The lowest BCUT2D eigenvalue weighted by Gasteiger charge is -2.33. The molecule has 1 heterocycles. The first-order valence-electron chi connectivity index (χ1n) is 13.3. The summed E-state index contributed by atoms with van der Waals surface area (Å²) in [4.78, 5) is 14.7. The van der Waals surface area contributed by atoms with Gasteiger partial charge in [0.05, 0.1) is 6.04 Å². The first kappa shape index (κ1) is 27.1. The molecule has 3 aliphatic rings. The van der Waals surface area contributed by atoms with Crippen LogP contribution in [-0.2, 0) is 16.1 Å². The van der Waals surface area contributed by atoms with Gasteiger partial charge < -0.3 is 14.2 Å². The second kappa shape index (κ2) is 10.3. The molecule has 0 radical (unpaired) electrons. The normalized spacial score (nSPS) is 25.4. The maximum Gasteiger partial charge on any atom is 0.410 e. The van der Waals surface area contributed by atoms with Gasteiger partial charge in [0.1, 0.15) is 10.3 Å². The molecular weight excluding hydrogens is 432 g/mol. The van der Waals surface area contributed by atoms with Crippen molar-refractivity contribution in [1.29, 1.82) is 0 Å². The van der Waals surface area contributed by atoms with E-state index in [0.29, 0.717) is 5.92 Å². The molecule has 1 amide bonds. The molecule has 3 atom stereocenters. The number of likely N-dealkylation sites (tertiary alicyclic amines) is 1. The quantitative estimate of drug-likeness (QED) is 0.364. The number of ether oxygens (including phenoxy) is 1. The minimum Gasteiger partial charge on any atom is -0.598 e. The number of carbonyl (C=O) groups excluding carboxylic acids is 1. The van der Waals surface area contributed by atoms with Crippen LogP contribution >= 0.6 is 0 Å². The zero-order valence-corrected chi connectivity index (χ0v) is 23.4. The van der Waals surface area contributed by atoms with Crippen molar-refractivity contribution in [2.45, 2.75) is 135 Å². The highest BCUT2D eigenvalue weighted by Crippen LogP contribution is 2.51. The Morgan fingerprint density at radius 3 is 2.12 bits per heavy atom. The van der Waals surface area contributed by atoms with Gasteiger partial charge in [0.15, 0.2) is 0 Å². The number of nitrogens with one attached hydrogen (secondary N) is 1. The van der Waals surface area contributed by atoms with Crippen LogP contribution in [0.1, 0.15) is 113 Å². The molecule has 192 valence electrons.